The van der Waals surface area contributed by atoms with Crippen LogP contribution in [0.2, 0.25) is 0 Å². The van der Waals surface area contributed by atoms with Gasteiger partial charge in [0.25, 0.3) is 5.91 Å². The number of hydrogen-bond acceptors (Lipinski definition) is 3. The Morgan fingerprint density at radius 2 is 1.83 bits per heavy atom. The highest BCUT2D eigenvalue weighted by atomic mass is 16.4. The Morgan fingerprint density at radius 1 is 1.21 bits per heavy atom. The fourth-order valence-electron chi connectivity index (χ4n) is 2.45. The van der Waals surface area contributed by atoms with Crippen LogP contribution < -0.4 is 5.32 Å². The Labute approximate surface area is 141 Å². The third kappa shape index (κ3) is 4.47. The van der Waals surface area contributed by atoms with E-state index in [1.807, 2.05) is 24.3 Å². The highest BCUT2D eigenvalue weighted by Gasteiger charge is 2.21. The third-order valence-electron chi connectivity index (χ3n) is 3.86. The van der Waals surface area contributed by atoms with Crippen molar-refractivity contribution in [3.8, 4) is 0 Å². The number of carboxylic acid groups (broad SMARTS) is 1. The van der Waals surface area contributed by atoms with E-state index in [1.54, 1.807) is 13.0 Å². The monoisotopic (exact) mass is 329 g/mol. The predicted octanol–water partition coefficient (Wildman–Crippen LogP) is 3.83. The number of aliphatic carboxylic acids is 1. The second-order valence-electron chi connectivity index (χ2n) is 6.94. The first-order valence-electron chi connectivity index (χ1n) is 7.85. The summed E-state index contributed by atoms with van der Waals surface area (Å²) >= 11 is 0. The number of furan rings is 1. The van der Waals surface area contributed by atoms with Gasteiger partial charge >= 0.3 is 5.97 Å². The molecule has 2 N–H and O–H groups in total. The number of benzene rings is 1. The number of rotatable bonds is 5. The topological polar surface area (TPSA) is 79.5 Å². The van der Waals surface area contributed by atoms with E-state index in [0.717, 1.165) is 11.1 Å². The van der Waals surface area contributed by atoms with Crippen LogP contribution in [0, 0.1) is 6.92 Å². The van der Waals surface area contributed by atoms with Crippen LogP contribution in [0.3, 0.4) is 0 Å². The molecular formula is C19H23NO4. The normalized spacial score (nSPS) is 12.7. The second kappa shape index (κ2) is 6.91. The van der Waals surface area contributed by atoms with Gasteiger partial charge in [-0.05, 0) is 29.5 Å². The van der Waals surface area contributed by atoms with Gasteiger partial charge in [0, 0.05) is 0 Å². The van der Waals surface area contributed by atoms with Crippen LogP contribution in [0.4, 0.5) is 0 Å². The van der Waals surface area contributed by atoms with Crippen LogP contribution in [0.1, 0.15) is 60.5 Å². The lowest BCUT2D eigenvalue weighted by molar-refractivity contribution is -0.137. The minimum Gasteiger partial charge on any atom is -0.481 e. The van der Waals surface area contributed by atoms with Gasteiger partial charge in [0.15, 0.2) is 0 Å². The Kier molecular flexibility index (Phi) is 5.12. The Morgan fingerprint density at radius 3 is 2.29 bits per heavy atom. The number of carbonyl (C=O) groups excluding carboxylic acids is 1. The van der Waals surface area contributed by atoms with Gasteiger partial charge in [-0.1, -0.05) is 45.0 Å². The summed E-state index contributed by atoms with van der Waals surface area (Å²) in [7, 11) is 0. The molecule has 5 heteroatoms. The average molecular weight is 329 g/mol. The lowest BCUT2D eigenvalue weighted by Crippen LogP contribution is -2.30. The van der Waals surface area contributed by atoms with E-state index in [9.17, 15) is 9.59 Å². The minimum atomic E-state index is -0.969. The zero-order chi connectivity index (χ0) is 17.9. The molecule has 0 saturated heterocycles. The molecule has 0 spiro atoms. The molecule has 128 valence electrons. The maximum absolute atomic E-state index is 12.3. The Bertz CT molecular complexity index is 723. The van der Waals surface area contributed by atoms with Crippen LogP contribution in [-0.4, -0.2) is 17.0 Å². The van der Waals surface area contributed by atoms with E-state index < -0.39 is 12.0 Å². The molecule has 0 radical (unpaired) electrons. The standard InChI is InChI=1S/C19H23NO4/c1-12-9-14(11-24-12)18(23)20-16(10-17(21)22)13-5-7-15(8-6-13)19(2,3)4/h5-9,11,16H,10H2,1-4H3,(H,20,23)(H,21,22). The largest absolute Gasteiger partial charge is 0.481 e. The molecule has 0 fully saturated rings. The predicted molar refractivity (Wildman–Crippen MR) is 91.0 cm³/mol. The van der Waals surface area contributed by atoms with Crippen molar-refractivity contribution in [2.45, 2.75) is 45.6 Å². The van der Waals surface area contributed by atoms with Crippen LogP contribution in [0.25, 0.3) is 0 Å². The van der Waals surface area contributed by atoms with Gasteiger partial charge in [-0.15, -0.1) is 0 Å². The molecule has 1 heterocycles. The van der Waals surface area contributed by atoms with E-state index in [-0.39, 0.29) is 17.7 Å². The Balaban J connectivity index is 2.21. The van der Waals surface area contributed by atoms with Crippen molar-refractivity contribution in [2.24, 2.45) is 0 Å². The lowest BCUT2D eigenvalue weighted by Gasteiger charge is -2.21. The molecule has 5 nitrogen and oxygen atoms in total. The SMILES string of the molecule is Cc1cc(C(=O)NC(CC(=O)O)c2ccc(C(C)(C)C)cc2)co1. The van der Waals surface area contributed by atoms with Crippen LogP contribution in [0.5, 0.6) is 0 Å². The van der Waals surface area contributed by atoms with Crippen molar-refractivity contribution in [1.82, 2.24) is 5.32 Å². The van der Waals surface area contributed by atoms with Gasteiger partial charge in [-0.3, -0.25) is 9.59 Å². The number of aryl methyl sites for hydroxylation is 1. The number of hydrogen-bond donors (Lipinski definition) is 2. The second-order valence-corrected chi connectivity index (χ2v) is 6.94. The number of amides is 1. The zero-order valence-electron chi connectivity index (χ0n) is 14.4. The van der Waals surface area contributed by atoms with Crippen LogP contribution in [-0.2, 0) is 10.2 Å². The molecule has 0 bridgehead atoms. The summed E-state index contributed by atoms with van der Waals surface area (Å²) in [5.41, 5.74) is 2.31. The molecule has 1 amide bonds. The average Bonchev–Trinajstić information content (AvgIpc) is 2.92. The molecule has 0 aliphatic carbocycles. The maximum Gasteiger partial charge on any atom is 0.305 e. The smallest absolute Gasteiger partial charge is 0.305 e. The molecule has 1 atom stereocenters. The molecule has 0 saturated carbocycles. The molecule has 1 aromatic heterocycles. The summed E-state index contributed by atoms with van der Waals surface area (Å²) in [5.74, 6) is -0.689. The highest BCUT2D eigenvalue weighted by Crippen LogP contribution is 2.25. The summed E-state index contributed by atoms with van der Waals surface area (Å²) in [6, 6.07) is 8.70. The van der Waals surface area contributed by atoms with Crippen molar-refractivity contribution in [2.75, 3.05) is 0 Å². The number of carboxylic acids is 1. The Hall–Kier alpha value is -2.56. The van der Waals surface area contributed by atoms with Crippen molar-refractivity contribution in [3.05, 3.63) is 59.0 Å². The van der Waals surface area contributed by atoms with Gasteiger partial charge in [0.2, 0.25) is 0 Å². The van der Waals surface area contributed by atoms with E-state index in [1.165, 1.54) is 6.26 Å². The third-order valence-corrected chi connectivity index (χ3v) is 3.86. The van der Waals surface area contributed by atoms with Crippen molar-refractivity contribution >= 4 is 11.9 Å². The summed E-state index contributed by atoms with van der Waals surface area (Å²) in [5, 5.41) is 11.9. The summed E-state index contributed by atoms with van der Waals surface area (Å²) < 4.78 is 5.13. The van der Waals surface area contributed by atoms with Gasteiger partial charge < -0.3 is 14.8 Å². The molecule has 2 aromatic rings. The minimum absolute atomic E-state index is 0.0123. The number of nitrogens with one attached hydrogen (secondary N) is 1. The van der Waals surface area contributed by atoms with E-state index in [4.69, 9.17) is 9.52 Å². The van der Waals surface area contributed by atoms with Crippen LogP contribution >= 0.6 is 0 Å². The molecule has 0 aliphatic rings. The zero-order valence-corrected chi connectivity index (χ0v) is 14.4. The first-order chi connectivity index (χ1) is 11.2. The van der Waals surface area contributed by atoms with Gasteiger partial charge in [-0.2, -0.15) is 0 Å². The first-order valence-corrected chi connectivity index (χ1v) is 7.85. The molecule has 24 heavy (non-hydrogen) atoms. The molecule has 1 unspecified atom stereocenters. The fraction of sp³-hybridized carbons (Fsp3) is 0.368. The van der Waals surface area contributed by atoms with Gasteiger partial charge in [0.1, 0.15) is 12.0 Å². The fourth-order valence-corrected chi connectivity index (χ4v) is 2.45. The molecule has 2 rings (SSSR count). The molecule has 0 aliphatic heterocycles. The van der Waals surface area contributed by atoms with Gasteiger partial charge in [0.05, 0.1) is 18.0 Å². The van der Waals surface area contributed by atoms with Crippen LogP contribution in [0.15, 0.2) is 41.0 Å². The highest BCUT2D eigenvalue weighted by molar-refractivity contribution is 5.94. The van der Waals surface area contributed by atoms with Gasteiger partial charge in [-0.25, -0.2) is 0 Å². The number of carbonyl (C=O) groups is 2. The molecular weight excluding hydrogens is 306 g/mol. The summed E-state index contributed by atoms with van der Waals surface area (Å²) in [6.07, 6.45) is 1.18. The lowest BCUT2D eigenvalue weighted by atomic mass is 9.86. The van der Waals surface area contributed by atoms with E-state index >= 15 is 0 Å². The van der Waals surface area contributed by atoms with Crippen molar-refractivity contribution in [3.63, 3.8) is 0 Å². The summed E-state index contributed by atoms with van der Waals surface area (Å²) in [4.78, 5) is 23.4. The summed E-state index contributed by atoms with van der Waals surface area (Å²) in [6.45, 7) is 8.08. The maximum atomic E-state index is 12.3. The quantitative estimate of drug-likeness (QED) is 0.873. The van der Waals surface area contributed by atoms with Crippen molar-refractivity contribution < 1.29 is 19.1 Å². The van der Waals surface area contributed by atoms with E-state index in [0.29, 0.717) is 11.3 Å². The van der Waals surface area contributed by atoms with E-state index in [2.05, 4.69) is 26.1 Å². The van der Waals surface area contributed by atoms with Crippen molar-refractivity contribution in [1.29, 1.82) is 0 Å². The molecule has 1 aromatic carbocycles. The first kappa shape index (κ1) is 17.8.